The van der Waals surface area contributed by atoms with Gasteiger partial charge in [-0.2, -0.15) is 0 Å². The first-order valence-corrected chi connectivity index (χ1v) is 6.27. The molecule has 1 aromatic rings. The molecule has 1 aliphatic rings. The van der Waals surface area contributed by atoms with Crippen molar-refractivity contribution in [3.05, 3.63) is 34.9 Å². The quantitative estimate of drug-likeness (QED) is 0.811. The first kappa shape index (κ1) is 11.7. The molecule has 2 N–H and O–H groups in total. The summed E-state index contributed by atoms with van der Waals surface area (Å²) in [7, 11) is 0. The van der Waals surface area contributed by atoms with E-state index in [1.807, 2.05) is 24.3 Å². The fourth-order valence-electron chi connectivity index (χ4n) is 1.56. The zero-order valence-electron chi connectivity index (χ0n) is 9.16. The van der Waals surface area contributed by atoms with E-state index in [1.54, 1.807) is 0 Å². The maximum atomic E-state index is 6.12. The summed E-state index contributed by atoms with van der Waals surface area (Å²) in [6.07, 6.45) is 2.45. The molecule has 0 heterocycles. The Labute approximate surface area is 106 Å². The molecule has 0 radical (unpaired) electrons. The van der Waals surface area contributed by atoms with Crippen molar-refractivity contribution in [2.24, 2.45) is 0 Å². The van der Waals surface area contributed by atoms with Crippen LogP contribution in [0.25, 0.3) is 0 Å². The third-order valence-corrected chi connectivity index (χ3v) is 3.21. The van der Waals surface area contributed by atoms with Crippen molar-refractivity contribution >= 4 is 28.9 Å². The normalized spacial score (nSPS) is 16.6. The smallest absolute Gasteiger partial charge is 0.166 e. The zero-order valence-corrected chi connectivity index (χ0v) is 10.7. The molecule has 2 nitrogen and oxygen atoms in total. The van der Waals surface area contributed by atoms with Gasteiger partial charge in [0.25, 0.3) is 0 Å². The van der Waals surface area contributed by atoms with Crippen LogP contribution in [0.5, 0.6) is 0 Å². The Bertz CT molecular complexity index is 390. The van der Waals surface area contributed by atoms with Gasteiger partial charge in [0.2, 0.25) is 0 Å². The van der Waals surface area contributed by atoms with Gasteiger partial charge in [0, 0.05) is 11.1 Å². The van der Waals surface area contributed by atoms with Crippen molar-refractivity contribution in [2.45, 2.75) is 31.8 Å². The molecule has 1 fully saturated rings. The largest absolute Gasteiger partial charge is 0.360 e. The van der Waals surface area contributed by atoms with Crippen molar-refractivity contribution in [2.75, 3.05) is 0 Å². The summed E-state index contributed by atoms with van der Waals surface area (Å²) in [5, 5.41) is 7.99. The molecular formula is C12H15ClN2S. The van der Waals surface area contributed by atoms with Crippen LogP contribution in [0.2, 0.25) is 5.02 Å². The van der Waals surface area contributed by atoms with Gasteiger partial charge in [-0.15, -0.1) is 0 Å². The molecular weight excluding hydrogens is 240 g/mol. The lowest BCUT2D eigenvalue weighted by molar-refractivity contribution is 0.697. The fourth-order valence-corrected chi connectivity index (χ4v) is 2.20. The number of halogens is 1. The molecule has 1 aliphatic carbocycles. The van der Waals surface area contributed by atoms with E-state index in [1.165, 1.54) is 12.8 Å². The molecule has 1 aromatic carbocycles. The van der Waals surface area contributed by atoms with Crippen molar-refractivity contribution in [3.8, 4) is 0 Å². The second-order valence-corrected chi connectivity index (χ2v) is 4.95. The fraction of sp³-hybridized carbons (Fsp3) is 0.417. The SMILES string of the molecule is C[C@@H](NC(=S)NC1CC1)c1ccccc1Cl. The van der Waals surface area contributed by atoms with Gasteiger partial charge in [-0.3, -0.25) is 0 Å². The molecule has 0 bridgehead atoms. The molecule has 1 atom stereocenters. The molecule has 0 aliphatic heterocycles. The van der Waals surface area contributed by atoms with Crippen molar-refractivity contribution in [1.82, 2.24) is 10.6 Å². The number of nitrogens with one attached hydrogen (secondary N) is 2. The molecule has 16 heavy (non-hydrogen) atoms. The molecule has 2 rings (SSSR count). The Morgan fingerprint density at radius 2 is 2.12 bits per heavy atom. The number of benzene rings is 1. The molecule has 1 saturated carbocycles. The van der Waals surface area contributed by atoms with Crippen LogP contribution >= 0.6 is 23.8 Å². The third-order valence-electron chi connectivity index (χ3n) is 2.63. The summed E-state index contributed by atoms with van der Waals surface area (Å²) in [5.41, 5.74) is 1.07. The van der Waals surface area contributed by atoms with E-state index < -0.39 is 0 Å². The minimum Gasteiger partial charge on any atom is -0.360 e. The summed E-state index contributed by atoms with van der Waals surface area (Å²) in [5.74, 6) is 0. The lowest BCUT2D eigenvalue weighted by Crippen LogP contribution is -2.38. The van der Waals surface area contributed by atoms with E-state index in [9.17, 15) is 0 Å². The molecule has 0 amide bonds. The lowest BCUT2D eigenvalue weighted by atomic mass is 10.1. The van der Waals surface area contributed by atoms with Gasteiger partial charge in [-0.1, -0.05) is 29.8 Å². The average Bonchev–Trinajstić information content (AvgIpc) is 3.01. The van der Waals surface area contributed by atoms with Gasteiger partial charge in [0.1, 0.15) is 0 Å². The molecule has 86 valence electrons. The maximum absolute atomic E-state index is 6.12. The third kappa shape index (κ3) is 3.09. The van der Waals surface area contributed by atoms with E-state index in [-0.39, 0.29) is 6.04 Å². The Kier molecular flexibility index (Phi) is 3.66. The lowest BCUT2D eigenvalue weighted by Gasteiger charge is -2.18. The van der Waals surface area contributed by atoms with E-state index >= 15 is 0 Å². The highest BCUT2D eigenvalue weighted by molar-refractivity contribution is 7.80. The van der Waals surface area contributed by atoms with Gasteiger partial charge < -0.3 is 10.6 Å². The Morgan fingerprint density at radius 3 is 2.75 bits per heavy atom. The van der Waals surface area contributed by atoms with Crippen molar-refractivity contribution < 1.29 is 0 Å². The van der Waals surface area contributed by atoms with Crippen LogP contribution < -0.4 is 10.6 Å². The van der Waals surface area contributed by atoms with Crippen molar-refractivity contribution in [3.63, 3.8) is 0 Å². The standard InChI is InChI=1S/C12H15ClN2S/c1-8(10-4-2-3-5-11(10)13)14-12(16)15-9-6-7-9/h2-5,8-9H,6-7H2,1H3,(H2,14,15,16)/t8-/m1/s1. The highest BCUT2D eigenvalue weighted by Gasteiger charge is 2.22. The number of thiocarbonyl (C=S) groups is 1. The average molecular weight is 255 g/mol. The van der Waals surface area contributed by atoms with Crippen LogP contribution in [0.4, 0.5) is 0 Å². The summed E-state index contributed by atoms with van der Waals surface area (Å²) in [4.78, 5) is 0. The summed E-state index contributed by atoms with van der Waals surface area (Å²) in [6.45, 7) is 2.06. The maximum Gasteiger partial charge on any atom is 0.166 e. The van der Waals surface area contributed by atoms with Gasteiger partial charge in [-0.25, -0.2) is 0 Å². The van der Waals surface area contributed by atoms with Gasteiger partial charge in [0.15, 0.2) is 5.11 Å². The molecule has 0 saturated heterocycles. The topological polar surface area (TPSA) is 24.1 Å². The van der Waals surface area contributed by atoms with E-state index in [4.69, 9.17) is 23.8 Å². The Balaban J connectivity index is 1.93. The molecule has 0 unspecified atom stereocenters. The first-order chi connectivity index (χ1) is 7.66. The number of rotatable bonds is 3. The van der Waals surface area contributed by atoms with Gasteiger partial charge in [-0.05, 0) is 43.6 Å². The summed E-state index contributed by atoms with van der Waals surface area (Å²) >= 11 is 11.3. The highest BCUT2D eigenvalue weighted by Crippen LogP contribution is 2.22. The minimum absolute atomic E-state index is 0.132. The van der Waals surface area contributed by atoms with E-state index in [0.29, 0.717) is 6.04 Å². The molecule has 4 heteroatoms. The van der Waals surface area contributed by atoms with Crippen LogP contribution in [-0.2, 0) is 0 Å². The monoisotopic (exact) mass is 254 g/mol. The molecule has 0 aromatic heterocycles. The second kappa shape index (κ2) is 5.02. The van der Waals surface area contributed by atoms with E-state index in [2.05, 4.69) is 17.6 Å². The van der Waals surface area contributed by atoms with Crippen molar-refractivity contribution in [1.29, 1.82) is 0 Å². The van der Waals surface area contributed by atoms with Crippen LogP contribution in [0.15, 0.2) is 24.3 Å². The predicted molar refractivity (Wildman–Crippen MR) is 71.8 cm³/mol. The van der Waals surface area contributed by atoms with Gasteiger partial charge >= 0.3 is 0 Å². The predicted octanol–water partition coefficient (Wildman–Crippen LogP) is 3.03. The first-order valence-electron chi connectivity index (χ1n) is 5.48. The second-order valence-electron chi connectivity index (χ2n) is 4.14. The molecule has 0 spiro atoms. The van der Waals surface area contributed by atoms with Crippen LogP contribution in [0, 0.1) is 0 Å². The summed E-state index contributed by atoms with van der Waals surface area (Å²) < 4.78 is 0. The number of hydrogen-bond acceptors (Lipinski definition) is 1. The number of hydrogen-bond donors (Lipinski definition) is 2. The Hall–Kier alpha value is -0.800. The minimum atomic E-state index is 0.132. The Morgan fingerprint density at radius 1 is 1.44 bits per heavy atom. The zero-order chi connectivity index (χ0) is 11.5. The van der Waals surface area contributed by atoms with Gasteiger partial charge in [0.05, 0.1) is 6.04 Å². The van der Waals surface area contributed by atoms with Crippen LogP contribution in [0.3, 0.4) is 0 Å². The van der Waals surface area contributed by atoms with Crippen LogP contribution in [-0.4, -0.2) is 11.2 Å². The highest BCUT2D eigenvalue weighted by atomic mass is 35.5. The summed E-state index contributed by atoms with van der Waals surface area (Å²) in [6, 6.07) is 8.54. The van der Waals surface area contributed by atoms with Crippen LogP contribution in [0.1, 0.15) is 31.4 Å². The van der Waals surface area contributed by atoms with E-state index in [0.717, 1.165) is 15.7 Å².